The zero-order chi connectivity index (χ0) is 20.3. The Balaban J connectivity index is 1.65. The third kappa shape index (κ3) is 4.87. The number of nitrogens with zero attached hydrogens (tertiary/aromatic N) is 1. The number of fused-ring (bicyclic) bond motifs is 1. The highest BCUT2D eigenvalue weighted by Gasteiger charge is 2.31. The first-order valence-corrected chi connectivity index (χ1v) is 10.4. The number of nitrogens with two attached hydrogens (primary N) is 1. The number of carbonyl (C=O) groups is 2. The normalized spacial score (nSPS) is 16.3. The molecule has 0 saturated carbocycles. The van der Waals surface area contributed by atoms with Crippen LogP contribution < -0.4 is 20.1 Å². The van der Waals surface area contributed by atoms with Crippen molar-refractivity contribution in [1.82, 2.24) is 0 Å². The number of hydrogen-bond acceptors (Lipinski definition) is 5. The highest BCUT2D eigenvalue weighted by molar-refractivity contribution is 7.88. The summed E-state index contributed by atoms with van der Waals surface area (Å²) in [5.41, 5.74) is 1.58. The third-order valence-electron chi connectivity index (χ3n) is 4.21. The van der Waals surface area contributed by atoms with Gasteiger partial charge in [-0.1, -0.05) is 24.3 Å². The Bertz CT molecular complexity index is 1010. The van der Waals surface area contributed by atoms with Crippen LogP contribution in [0.3, 0.4) is 0 Å². The largest absolute Gasteiger partial charge is 0.479 e. The molecule has 0 spiro atoms. The van der Waals surface area contributed by atoms with Crippen LogP contribution in [0.1, 0.15) is 18.9 Å². The Morgan fingerprint density at radius 3 is 2.71 bits per heavy atom. The van der Waals surface area contributed by atoms with E-state index in [1.54, 1.807) is 54.3 Å². The quantitative estimate of drug-likeness (QED) is 0.760. The number of sulfonamides is 1. The van der Waals surface area contributed by atoms with Crippen LogP contribution >= 0.6 is 0 Å². The molecular weight excluding hydrogens is 382 g/mol. The Morgan fingerprint density at radius 1 is 1.21 bits per heavy atom. The molecule has 1 aliphatic rings. The summed E-state index contributed by atoms with van der Waals surface area (Å²) in [5, 5.41) is 7.76. The van der Waals surface area contributed by atoms with E-state index in [1.165, 1.54) is 0 Å². The fourth-order valence-electron chi connectivity index (χ4n) is 3.00. The molecule has 2 aromatic rings. The van der Waals surface area contributed by atoms with Gasteiger partial charge in [-0.3, -0.25) is 9.59 Å². The summed E-state index contributed by atoms with van der Waals surface area (Å²) in [6.45, 7) is 1.87. The molecule has 28 heavy (non-hydrogen) atoms. The van der Waals surface area contributed by atoms with Gasteiger partial charge in [0, 0.05) is 18.7 Å². The molecule has 3 N–H and O–H groups in total. The number of para-hydroxylation sites is 2. The van der Waals surface area contributed by atoms with E-state index >= 15 is 0 Å². The minimum Gasteiger partial charge on any atom is -0.479 e. The summed E-state index contributed by atoms with van der Waals surface area (Å²) in [6, 6.07) is 13.6. The van der Waals surface area contributed by atoms with Crippen molar-refractivity contribution in [2.75, 3.05) is 16.8 Å². The van der Waals surface area contributed by atoms with E-state index in [0.717, 1.165) is 0 Å². The average Bonchev–Trinajstić information content (AvgIpc) is 2.61. The summed E-state index contributed by atoms with van der Waals surface area (Å²) >= 11 is 0. The number of nitrogens with one attached hydrogen (secondary N) is 1. The van der Waals surface area contributed by atoms with Gasteiger partial charge in [-0.05, 0) is 36.8 Å². The van der Waals surface area contributed by atoms with E-state index < -0.39 is 16.1 Å². The molecule has 9 heteroatoms. The number of benzene rings is 2. The monoisotopic (exact) mass is 403 g/mol. The van der Waals surface area contributed by atoms with Gasteiger partial charge in [0.25, 0.3) is 5.91 Å². The highest BCUT2D eigenvalue weighted by atomic mass is 32.2. The summed E-state index contributed by atoms with van der Waals surface area (Å²) in [5.74, 6) is -0.210. The molecule has 2 amide bonds. The number of anilines is 2. The SMILES string of the molecule is CC1Oc2ccccc2N(CCC(=O)Nc2cccc(CS(N)(=O)=O)c2)C1=O. The number of amides is 2. The van der Waals surface area contributed by atoms with Crippen molar-refractivity contribution < 1.29 is 22.7 Å². The standard InChI is InChI=1S/C19H21N3O5S/c1-13-19(24)22(16-7-2-3-8-17(16)27-13)10-9-18(23)21-15-6-4-5-14(11-15)12-28(20,25)26/h2-8,11,13H,9-10,12H2,1H3,(H,21,23)(H2,20,25,26). The second kappa shape index (κ2) is 7.99. The van der Waals surface area contributed by atoms with Crippen LogP contribution in [0.5, 0.6) is 5.75 Å². The lowest BCUT2D eigenvalue weighted by atomic mass is 10.1. The molecule has 0 aromatic heterocycles. The van der Waals surface area contributed by atoms with Crippen LogP contribution in [0, 0.1) is 0 Å². The van der Waals surface area contributed by atoms with Crippen LogP contribution in [0.2, 0.25) is 0 Å². The number of carbonyl (C=O) groups excluding carboxylic acids is 2. The van der Waals surface area contributed by atoms with Gasteiger partial charge < -0.3 is 15.0 Å². The van der Waals surface area contributed by atoms with Crippen molar-refractivity contribution >= 4 is 33.2 Å². The molecule has 0 radical (unpaired) electrons. The van der Waals surface area contributed by atoms with Gasteiger partial charge in [-0.2, -0.15) is 0 Å². The molecular formula is C19H21N3O5S. The summed E-state index contributed by atoms with van der Waals surface area (Å²) < 4.78 is 28.0. The molecule has 3 rings (SSSR count). The van der Waals surface area contributed by atoms with Gasteiger partial charge in [0.2, 0.25) is 15.9 Å². The Hall–Kier alpha value is -2.91. The van der Waals surface area contributed by atoms with E-state index in [1.807, 2.05) is 6.07 Å². The lowest BCUT2D eigenvalue weighted by Gasteiger charge is -2.32. The van der Waals surface area contributed by atoms with E-state index in [2.05, 4.69) is 5.32 Å². The Kier molecular flexibility index (Phi) is 5.66. The Labute approximate surface area is 163 Å². The smallest absolute Gasteiger partial charge is 0.267 e. The van der Waals surface area contributed by atoms with Gasteiger partial charge in [-0.15, -0.1) is 0 Å². The highest BCUT2D eigenvalue weighted by Crippen LogP contribution is 2.33. The zero-order valence-electron chi connectivity index (χ0n) is 15.3. The third-order valence-corrected chi connectivity index (χ3v) is 4.95. The fraction of sp³-hybridized carbons (Fsp3) is 0.263. The number of ether oxygens (including phenoxy) is 1. The van der Waals surface area contributed by atoms with E-state index in [9.17, 15) is 18.0 Å². The molecule has 1 aliphatic heterocycles. The molecule has 2 aromatic carbocycles. The molecule has 0 aliphatic carbocycles. The maximum Gasteiger partial charge on any atom is 0.267 e. The number of hydrogen-bond donors (Lipinski definition) is 2. The van der Waals surface area contributed by atoms with Crippen LogP contribution in [0.25, 0.3) is 0 Å². The first-order chi connectivity index (χ1) is 13.2. The lowest BCUT2D eigenvalue weighted by Crippen LogP contribution is -2.45. The first kappa shape index (κ1) is 19.8. The predicted molar refractivity (Wildman–Crippen MR) is 105 cm³/mol. The summed E-state index contributed by atoms with van der Waals surface area (Å²) in [7, 11) is -3.66. The average molecular weight is 403 g/mol. The van der Waals surface area contributed by atoms with Crippen molar-refractivity contribution in [3.8, 4) is 5.75 Å². The van der Waals surface area contributed by atoms with Gasteiger partial charge >= 0.3 is 0 Å². The van der Waals surface area contributed by atoms with Crippen molar-refractivity contribution in [2.24, 2.45) is 5.14 Å². The molecule has 0 fully saturated rings. The topological polar surface area (TPSA) is 119 Å². The van der Waals surface area contributed by atoms with Crippen LogP contribution in [-0.4, -0.2) is 32.9 Å². The zero-order valence-corrected chi connectivity index (χ0v) is 16.1. The van der Waals surface area contributed by atoms with Crippen LogP contribution in [0.4, 0.5) is 11.4 Å². The molecule has 1 heterocycles. The second-order valence-corrected chi connectivity index (χ2v) is 8.14. The molecule has 8 nitrogen and oxygen atoms in total. The summed E-state index contributed by atoms with van der Waals surface area (Å²) in [6.07, 6.45) is -0.542. The predicted octanol–water partition coefficient (Wildman–Crippen LogP) is 1.62. The summed E-state index contributed by atoms with van der Waals surface area (Å²) in [4.78, 5) is 26.3. The fourth-order valence-corrected chi connectivity index (χ4v) is 3.64. The maximum absolute atomic E-state index is 12.4. The van der Waals surface area contributed by atoms with Crippen LogP contribution in [0.15, 0.2) is 48.5 Å². The molecule has 0 saturated heterocycles. The van der Waals surface area contributed by atoms with E-state index in [-0.39, 0.29) is 30.5 Å². The van der Waals surface area contributed by atoms with E-state index in [4.69, 9.17) is 9.88 Å². The molecule has 1 unspecified atom stereocenters. The Morgan fingerprint density at radius 2 is 1.96 bits per heavy atom. The van der Waals surface area contributed by atoms with Crippen molar-refractivity contribution in [2.45, 2.75) is 25.2 Å². The van der Waals surface area contributed by atoms with Gasteiger partial charge in [0.05, 0.1) is 11.4 Å². The van der Waals surface area contributed by atoms with Gasteiger partial charge in [0.1, 0.15) is 5.75 Å². The molecule has 148 valence electrons. The number of rotatable bonds is 6. The van der Waals surface area contributed by atoms with Gasteiger partial charge in [-0.25, -0.2) is 13.6 Å². The maximum atomic E-state index is 12.4. The lowest BCUT2D eigenvalue weighted by molar-refractivity contribution is -0.125. The first-order valence-electron chi connectivity index (χ1n) is 8.69. The van der Waals surface area contributed by atoms with Crippen molar-refractivity contribution in [3.05, 3.63) is 54.1 Å². The molecule has 1 atom stereocenters. The molecule has 0 bridgehead atoms. The van der Waals surface area contributed by atoms with Crippen molar-refractivity contribution in [1.29, 1.82) is 0 Å². The van der Waals surface area contributed by atoms with Crippen LogP contribution in [-0.2, 0) is 25.4 Å². The minimum absolute atomic E-state index is 0.0756. The van der Waals surface area contributed by atoms with Gasteiger partial charge in [0.15, 0.2) is 6.10 Å². The second-order valence-electron chi connectivity index (χ2n) is 6.52. The number of primary sulfonamides is 1. The van der Waals surface area contributed by atoms with E-state index in [0.29, 0.717) is 22.7 Å². The minimum atomic E-state index is -3.66. The van der Waals surface area contributed by atoms with Crippen molar-refractivity contribution in [3.63, 3.8) is 0 Å².